The average molecular weight is 495 g/mol. The minimum atomic E-state index is -0.242. The first-order valence-corrected chi connectivity index (χ1v) is 13.0. The van der Waals surface area contributed by atoms with Gasteiger partial charge in [0.05, 0.1) is 0 Å². The Morgan fingerprint density at radius 2 is 1.39 bits per heavy atom. The number of nitrogens with one attached hydrogen (secondary N) is 2. The zero-order valence-electron chi connectivity index (χ0n) is 23.0. The normalized spacial score (nSPS) is 14.8. The van der Waals surface area contributed by atoms with Crippen molar-refractivity contribution in [1.29, 1.82) is 0 Å². The molecule has 0 radical (unpaired) electrons. The first-order valence-electron chi connectivity index (χ1n) is 13.0. The number of aromatic hydroxyl groups is 1. The van der Waals surface area contributed by atoms with Crippen molar-refractivity contribution in [1.82, 2.24) is 10.9 Å². The minimum Gasteiger partial charge on any atom is -0.507 e. The van der Waals surface area contributed by atoms with Gasteiger partial charge in [0.1, 0.15) is 17.6 Å². The van der Waals surface area contributed by atoms with Gasteiger partial charge in [0, 0.05) is 18.4 Å². The Balaban J connectivity index is 1.52. The van der Waals surface area contributed by atoms with Gasteiger partial charge in [0.2, 0.25) is 11.8 Å². The number of phenolic OH excluding ortho intramolecular Hbond substituents is 1. The van der Waals surface area contributed by atoms with E-state index in [-0.39, 0.29) is 42.1 Å². The summed E-state index contributed by atoms with van der Waals surface area (Å²) in [7, 11) is 0. The molecular formula is C30H42N2O4. The summed E-state index contributed by atoms with van der Waals surface area (Å²) in [4.78, 5) is 24.8. The van der Waals surface area contributed by atoms with Crippen LogP contribution in [0.25, 0.3) is 0 Å². The first kappa shape index (κ1) is 27.6. The molecule has 3 N–H and O–H groups in total. The molecule has 1 heterocycles. The molecule has 3 rings (SSSR count). The molecule has 36 heavy (non-hydrogen) atoms. The van der Waals surface area contributed by atoms with E-state index in [1.807, 2.05) is 32.9 Å². The van der Waals surface area contributed by atoms with Crippen LogP contribution in [0.4, 0.5) is 0 Å². The van der Waals surface area contributed by atoms with Crippen LogP contribution in [0.1, 0.15) is 120 Å². The van der Waals surface area contributed by atoms with E-state index in [1.54, 1.807) is 0 Å². The number of hydrazine groups is 1. The van der Waals surface area contributed by atoms with E-state index in [2.05, 4.69) is 57.6 Å². The van der Waals surface area contributed by atoms with Gasteiger partial charge in [-0.1, -0.05) is 66.7 Å². The van der Waals surface area contributed by atoms with Crippen molar-refractivity contribution in [2.75, 3.05) is 0 Å². The summed E-state index contributed by atoms with van der Waals surface area (Å²) in [6.07, 6.45) is 1.75. The second-order valence-electron chi connectivity index (χ2n) is 11.6. The van der Waals surface area contributed by atoms with E-state index in [4.69, 9.17) is 4.74 Å². The van der Waals surface area contributed by atoms with E-state index < -0.39 is 0 Å². The van der Waals surface area contributed by atoms with E-state index in [0.717, 1.165) is 28.0 Å². The predicted molar refractivity (Wildman–Crippen MR) is 143 cm³/mol. The summed E-state index contributed by atoms with van der Waals surface area (Å²) in [6.45, 7) is 16.6. The van der Waals surface area contributed by atoms with Crippen molar-refractivity contribution >= 4 is 11.8 Å². The van der Waals surface area contributed by atoms with Gasteiger partial charge in [-0.2, -0.15) is 0 Å². The minimum absolute atomic E-state index is 0.0928. The number of ether oxygens (including phenoxy) is 1. The van der Waals surface area contributed by atoms with Crippen molar-refractivity contribution in [3.05, 3.63) is 57.6 Å². The largest absolute Gasteiger partial charge is 0.507 e. The molecule has 6 nitrogen and oxygen atoms in total. The Labute approximate surface area is 215 Å². The third kappa shape index (κ3) is 6.40. The highest BCUT2D eigenvalue weighted by atomic mass is 16.5. The third-order valence-corrected chi connectivity index (χ3v) is 6.81. The maximum atomic E-state index is 12.4. The van der Waals surface area contributed by atoms with Crippen LogP contribution in [0, 0.1) is 0 Å². The molecule has 0 spiro atoms. The van der Waals surface area contributed by atoms with E-state index in [0.29, 0.717) is 24.5 Å². The number of benzene rings is 2. The summed E-state index contributed by atoms with van der Waals surface area (Å²) in [5.74, 6) is 1.39. The average Bonchev–Trinajstić information content (AvgIpc) is 2.79. The van der Waals surface area contributed by atoms with Gasteiger partial charge in [-0.05, 0) is 70.9 Å². The summed E-state index contributed by atoms with van der Waals surface area (Å²) >= 11 is 0. The maximum absolute atomic E-state index is 12.4. The van der Waals surface area contributed by atoms with Gasteiger partial charge in [-0.15, -0.1) is 0 Å². The van der Waals surface area contributed by atoms with Crippen molar-refractivity contribution in [2.24, 2.45) is 0 Å². The van der Waals surface area contributed by atoms with Gasteiger partial charge in [-0.25, -0.2) is 0 Å². The monoisotopic (exact) mass is 494 g/mol. The van der Waals surface area contributed by atoms with Crippen LogP contribution in [0.5, 0.6) is 11.5 Å². The van der Waals surface area contributed by atoms with Gasteiger partial charge in [0.25, 0.3) is 0 Å². The topological polar surface area (TPSA) is 87.7 Å². The Morgan fingerprint density at radius 3 is 1.86 bits per heavy atom. The molecule has 2 amide bonds. The lowest BCUT2D eigenvalue weighted by molar-refractivity contribution is -0.128. The van der Waals surface area contributed by atoms with Gasteiger partial charge in [0.15, 0.2) is 0 Å². The summed E-state index contributed by atoms with van der Waals surface area (Å²) in [5, 5.41) is 10.7. The Morgan fingerprint density at radius 1 is 0.889 bits per heavy atom. The van der Waals surface area contributed by atoms with Crippen LogP contribution >= 0.6 is 0 Å². The molecule has 1 aliphatic rings. The highest BCUT2D eigenvalue weighted by Gasteiger charge is 2.28. The molecule has 0 aromatic heterocycles. The fraction of sp³-hybridized carbons (Fsp3) is 0.533. The number of hydrogen-bond donors (Lipinski definition) is 3. The number of phenols is 1. The number of aryl methyl sites for hydroxylation is 2. The van der Waals surface area contributed by atoms with Crippen molar-refractivity contribution in [2.45, 2.75) is 104 Å². The molecule has 1 unspecified atom stereocenters. The number of rotatable bonds is 8. The van der Waals surface area contributed by atoms with Crippen LogP contribution in [-0.2, 0) is 27.8 Å². The van der Waals surface area contributed by atoms with E-state index in [1.165, 1.54) is 11.1 Å². The Kier molecular flexibility index (Phi) is 8.37. The Bertz CT molecular complexity index is 1130. The quantitative estimate of drug-likeness (QED) is 0.387. The van der Waals surface area contributed by atoms with Crippen molar-refractivity contribution in [3.8, 4) is 11.5 Å². The lowest BCUT2D eigenvalue weighted by Gasteiger charge is -2.32. The molecule has 0 bridgehead atoms. The molecule has 1 aliphatic heterocycles. The van der Waals surface area contributed by atoms with Crippen molar-refractivity contribution < 1.29 is 19.4 Å². The van der Waals surface area contributed by atoms with Crippen LogP contribution in [0.2, 0.25) is 0 Å². The first-order chi connectivity index (χ1) is 16.8. The van der Waals surface area contributed by atoms with E-state index in [9.17, 15) is 14.7 Å². The van der Waals surface area contributed by atoms with Gasteiger partial charge in [-0.3, -0.25) is 20.4 Å². The highest BCUT2D eigenvalue weighted by molar-refractivity contribution is 5.82. The lowest BCUT2D eigenvalue weighted by Crippen LogP contribution is -2.41. The highest BCUT2D eigenvalue weighted by Crippen LogP contribution is 2.45. The van der Waals surface area contributed by atoms with Crippen molar-refractivity contribution in [3.63, 3.8) is 0 Å². The zero-order chi connectivity index (χ0) is 26.8. The molecule has 0 saturated heterocycles. The second-order valence-corrected chi connectivity index (χ2v) is 11.6. The molecule has 196 valence electrons. The third-order valence-electron chi connectivity index (χ3n) is 6.81. The van der Waals surface area contributed by atoms with Crippen LogP contribution < -0.4 is 15.6 Å². The van der Waals surface area contributed by atoms with Gasteiger partial charge >= 0.3 is 0 Å². The second kappa shape index (κ2) is 10.9. The Hall–Kier alpha value is -3.02. The van der Waals surface area contributed by atoms with Crippen LogP contribution in [0.3, 0.4) is 0 Å². The number of fused-ring (bicyclic) bond motifs is 1. The molecule has 1 atom stereocenters. The molecule has 0 saturated carbocycles. The number of carbonyl (C=O) groups is 2. The number of amides is 2. The zero-order valence-corrected chi connectivity index (χ0v) is 23.0. The number of hydrogen-bond acceptors (Lipinski definition) is 4. The molecule has 2 aromatic carbocycles. The fourth-order valence-corrected chi connectivity index (χ4v) is 4.59. The van der Waals surface area contributed by atoms with Gasteiger partial charge < -0.3 is 9.84 Å². The summed E-state index contributed by atoms with van der Waals surface area (Å²) in [5.41, 5.74) is 11.2. The standard InChI is InChI=1S/C30H42N2O4/c1-17(2)22-13-21(16-25(28(22)35)30(6,7)8)10-12-27(34)32-31-26(33)11-9-20-14-23(18(3)4)29-24(15-20)19(5)36-29/h13-19,35H,9-12H2,1-8H3,(H,31,33)(H,32,34). The van der Waals surface area contributed by atoms with E-state index >= 15 is 0 Å². The smallest absolute Gasteiger partial charge is 0.238 e. The number of carbonyl (C=O) groups excluding carboxylic acids is 2. The molecule has 0 fully saturated rings. The van der Waals surface area contributed by atoms with Crippen LogP contribution in [0.15, 0.2) is 24.3 Å². The van der Waals surface area contributed by atoms with Crippen LogP contribution in [-0.4, -0.2) is 16.9 Å². The summed E-state index contributed by atoms with van der Waals surface area (Å²) < 4.78 is 5.79. The maximum Gasteiger partial charge on any atom is 0.238 e. The molecule has 6 heteroatoms. The predicted octanol–water partition coefficient (Wildman–Crippen LogP) is 6.10. The summed E-state index contributed by atoms with van der Waals surface area (Å²) in [6, 6.07) is 8.21. The molecule has 0 aliphatic carbocycles. The lowest BCUT2D eigenvalue weighted by atomic mass is 9.82. The molecule has 2 aromatic rings. The molecular weight excluding hydrogens is 452 g/mol. The fourth-order valence-electron chi connectivity index (χ4n) is 4.59. The SMILES string of the molecule is CC(C)c1cc(CCC(=O)NNC(=O)CCc2cc(C(C)C)c3c(c2)C(C)O3)cc(C(C)(C)C)c1O.